The van der Waals surface area contributed by atoms with Crippen LogP contribution in [0.2, 0.25) is 0 Å². The van der Waals surface area contributed by atoms with E-state index in [0.29, 0.717) is 34.9 Å². The maximum absolute atomic E-state index is 5.56. The first-order valence-corrected chi connectivity index (χ1v) is 12.2. The van der Waals surface area contributed by atoms with E-state index in [1.54, 1.807) is 33.1 Å². The molecule has 2 aromatic heterocycles. The summed E-state index contributed by atoms with van der Waals surface area (Å²) in [6.45, 7) is 4.09. The van der Waals surface area contributed by atoms with E-state index in [9.17, 15) is 0 Å². The number of benzene rings is 1. The van der Waals surface area contributed by atoms with Crippen LogP contribution in [-0.2, 0) is 5.75 Å². The van der Waals surface area contributed by atoms with Crippen LogP contribution in [0.5, 0.6) is 17.2 Å². The zero-order valence-corrected chi connectivity index (χ0v) is 20.6. The highest BCUT2D eigenvalue weighted by Crippen LogP contribution is 2.43. The van der Waals surface area contributed by atoms with Crippen molar-refractivity contribution in [3.8, 4) is 28.6 Å². The van der Waals surface area contributed by atoms with Crippen LogP contribution < -0.4 is 14.2 Å². The molecule has 0 aliphatic heterocycles. The van der Waals surface area contributed by atoms with Gasteiger partial charge in [0.2, 0.25) is 11.6 Å². The monoisotopic (exact) mass is 473 g/mol. The third-order valence-electron chi connectivity index (χ3n) is 5.85. The third-order valence-corrected chi connectivity index (χ3v) is 6.78. The van der Waals surface area contributed by atoms with Crippen LogP contribution in [0.4, 0.5) is 0 Å². The number of methoxy groups -OCH3 is 3. The van der Waals surface area contributed by atoms with Gasteiger partial charge in [0.1, 0.15) is 0 Å². The van der Waals surface area contributed by atoms with Crippen LogP contribution in [-0.4, -0.2) is 46.2 Å². The summed E-state index contributed by atoms with van der Waals surface area (Å²) in [4.78, 5) is 4.49. The second kappa shape index (κ2) is 10.5. The van der Waals surface area contributed by atoms with Gasteiger partial charge in [-0.3, -0.25) is 4.57 Å². The highest BCUT2D eigenvalue weighted by molar-refractivity contribution is 7.98. The Hall–Kier alpha value is -2.75. The van der Waals surface area contributed by atoms with Gasteiger partial charge in [0, 0.05) is 17.5 Å². The minimum absolute atomic E-state index is 0.227. The van der Waals surface area contributed by atoms with Crippen molar-refractivity contribution in [3.63, 3.8) is 0 Å². The lowest BCUT2D eigenvalue weighted by Gasteiger charge is -2.25. The molecular weight excluding hydrogens is 442 g/mol. The predicted octanol–water partition coefficient (Wildman–Crippen LogP) is 5.27. The quantitative estimate of drug-likeness (QED) is 0.385. The van der Waals surface area contributed by atoms with Crippen molar-refractivity contribution in [3.05, 3.63) is 23.8 Å². The molecule has 178 valence electrons. The average Bonchev–Trinajstić information content (AvgIpc) is 3.49. The number of hydrogen-bond donors (Lipinski definition) is 0. The number of aromatic nitrogens is 5. The Kier molecular flexibility index (Phi) is 7.42. The zero-order chi connectivity index (χ0) is 23.4. The van der Waals surface area contributed by atoms with Crippen LogP contribution in [0, 0.1) is 0 Å². The number of thioether (sulfide) groups is 1. The molecular formula is C23H31N5O4S. The fraction of sp³-hybridized carbons (Fsp3) is 0.565. The highest BCUT2D eigenvalue weighted by Gasteiger charge is 2.26. The van der Waals surface area contributed by atoms with Gasteiger partial charge in [-0.25, -0.2) is 0 Å². The molecule has 3 aromatic rings. The van der Waals surface area contributed by atoms with Crippen LogP contribution in [0.1, 0.15) is 69.6 Å². The molecule has 4 rings (SSSR count). The molecule has 0 spiro atoms. The van der Waals surface area contributed by atoms with Crippen molar-refractivity contribution in [1.82, 2.24) is 24.9 Å². The van der Waals surface area contributed by atoms with Crippen molar-refractivity contribution >= 4 is 11.8 Å². The lowest BCUT2D eigenvalue weighted by Crippen LogP contribution is -2.15. The Balaban J connectivity index is 1.70. The number of hydrogen-bond acceptors (Lipinski definition) is 9. The molecule has 2 heterocycles. The summed E-state index contributed by atoms with van der Waals surface area (Å²) >= 11 is 1.57. The number of rotatable bonds is 9. The van der Waals surface area contributed by atoms with Crippen molar-refractivity contribution in [2.45, 2.75) is 68.8 Å². The second-order valence-electron chi connectivity index (χ2n) is 8.37. The lowest BCUT2D eigenvalue weighted by atomic mass is 9.95. The van der Waals surface area contributed by atoms with E-state index in [1.165, 1.54) is 19.3 Å². The zero-order valence-electron chi connectivity index (χ0n) is 19.8. The van der Waals surface area contributed by atoms with Gasteiger partial charge in [-0.1, -0.05) is 50.0 Å². The first-order chi connectivity index (χ1) is 16.0. The number of nitrogens with zero attached hydrogens (tertiary/aromatic N) is 5. The lowest BCUT2D eigenvalue weighted by molar-refractivity contribution is 0.324. The molecule has 0 unspecified atom stereocenters. The largest absolute Gasteiger partial charge is 0.493 e. The van der Waals surface area contributed by atoms with Gasteiger partial charge < -0.3 is 18.7 Å². The molecule has 0 bridgehead atoms. The van der Waals surface area contributed by atoms with E-state index in [-0.39, 0.29) is 5.92 Å². The Bertz CT molecular complexity index is 1050. The molecule has 1 saturated carbocycles. The van der Waals surface area contributed by atoms with Gasteiger partial charge >= 0.3 is 0 Å². The fourth-order valence-corrected chi connectivity index (χ4v) is 4.98. The topological polar surface area (TPSA) is 97.3 Å². The van der Waals surface area contributed by atoms with Gasteiger partial charge in [0.25, 0.3) is 0 Å². The first kappa shape index (κ1) is 23.4. The van der Waals surface area contributed by atoms with E-state index in [1.807, 2.05) is 26.0 Å². The van der Waals surface area contributed by atoms with E-state index in [2.05, 4.69) is 24.9 Å². The molecule has 10 heteroatoms. The summed E-state index contributed by atoms with van der Waals surface area (Å²) in [6.07, 6.45) is 5.86. The molecule has 1 fully saturated rings. The second-order valence-corrected chi connectivity index (χ2v) is 9.31. The van der Waals surface area contributed by atoms with Crippen LogP contribution in [0.3, 0.4) is 0 Å². The highest BCUT2D eigenvalue weighted by atomic mass is 32.2. The smallest absolute Gasteiger partial charge is 0.237 e. The molecule has 9 nitrogen and oxygen atoms in total. The first-order valence-electron chi connectivity index (χ1n) is 11.3. The number of ether oxygens (including phenoxy) is 3. The van der Waals surface area contributed by atoms with Crippen molar-refractivity contribution < 1.29 is 18.7 Å². The van der Waals surface area contributed by atoms with Gasteiger partial charge in [0.05, 0.1) is 27.1 Å². The molecule has 0 saturated heterocycles. The van der Waals surface area contributed by atoms with Crippen LogP contribution in [0.15, 0.2) is 21.8 Å². The van der Waals surface area contributed by atoms with Crippen molar-refractivity contribution in [2.75, 3.05) is 21.3 Å². The molecule has 1 aromatic carbocycles. The minimum Gasteiger partial charge on any atom is -0.493 e. The average molecular weight is 474 g/mol. The summed E-state index contributed by atoms with van der Waals surface area (Å²) in [7, 11) is 4.83. The fourth-order valence-electron chi connectivity index (χ4n) is 4.14. The molecule has 0 N–H and O–H groups in total. The van der Waals surface area contributed by atoms with E-state index in [0.717, 1.165) is 35.2 Å². The maximum atomic E-state index is 5.56. The standard InChI is InChI=1S/C23H31N5O4S/c1-14(2)21-24-19(32-27-21)13-33-23-26-25-22(28(23)16-9-7-6-8-10-16)15-11-17(29-3)20(31-5)18(12-15)30-4/h11-12,14,16H,6-10,13H2,1-5H3. The van der Waals surface area contributed by atoms with E-state index in [4.69, 9.17) is 18.7 Å². The van der Waals surface area contributed by atoms with Gasteiger partial charge in [-0.05, 0) is 25.0 Å². The summed E-state index contributed by atoms with van der Waals surface area (Å²) in [6, 6.07) is 4.18. The SMILES string of the molecule is COc1cc(-c2nnc(SCc3nc(C(C)C)no3)n2C2CCCCC2)cc(OC)c1OC. The third kappa shape index (κ3) is 4.95. The van der Waals surface area contributed by atoms with Crippen molar-refractivity contribution in [1.29, 1.82) is 0 Å². The molecule has 33 heavy (non-hydrogen) atoms. The molecule has 1 aliphatic carbocycles. The molecule has 1 aliphatic rings. The Morgan fingerprint density at radius 2 is 1.73 bits per heavy atom. The van der Waals surface area contributed by atoms with Gasteiger partial charge in [0.15, 0.2) is 28.3 Å². The maximum Gasteiger partial charge on any atom is 0.237 e. The minimum atomic E-state index is 0.227. The summed E-state index contributed by atoms with van der Waals surface area (Å²) in [5.74, 6) is 4.60. The van der Waals surface area contributed by atoms with Gasteiger partial charge in [-0.2, -0.15) is 4.98 Å². The summed E-state index contributed by atoms with van der Waals surface area (Å²) < 4.78 is 24.3. The molecule has 0 atom stereocenters. The molecule has 0 radical (unpaired) electrons. The van der Waals surface area contributed by atoms with E-state index < -0.39 is 0 Å². The molecule has 0 amide bonds. The Morgan fingerprint density at radius 3 is 2.30 bits per heavy atom. The normalized spacial score (nSPS) is 14.6. The Labute approximate surface area is 198 Å². The van der Waals surface area contributed by atoms with Gasteiger partial charge in [-0.15, -0.1) is 10.2 Å². The predicted molar refractivity (Wildman–Crippen MR) is 125 cm³/mol. The van der Waals surface area contributed by atoms with E-state index >= 15 is 0 Å². The van der Waals surface area contributed by atoms with Crippen LogP contribution >= 0.6 is 11.8 Å². The van der Waals surface area contributed by atoms with Crippen LogP contribution in [0.25, 0.3) is 11.4 Å². The van der Waals surface area contributed by atoms with Crippen molar-refractivity contribution in [2.24, 2.45) is 0 Å². The Morgan fingerprint density at radius 1 is 1.03 bits per heavy atom. The summed E-state index contributed by atoms with van der Waals surface area (Å²) in [5.41, 5.74) is 0.870. The summed E-state index contributed by atoms with van der Waals surface area (Å²) in [5, 5.41) is 14.0.